The molecule has 0 atom stereocenters. The minimum absolute atomic E-state index is 0.0680. The van der Waals surface area contributed by atoms with Crippen LogP contribution in [-0.2, 0) is 9.59 Å². The van der Waals surface area contributed by atoms with Gasteiger partial charge >= 0.3 is 5.97 Å². The molecule has 1 rings (SSSR count). The SMILES string of the molecule is CN(CCCC(=O)O)C(=O)/C=C/c1ccc(Cl)cc1. The van der Waals surface area contributed by atoms with Crippen LogP contribution in [0, 0.1) is 0 Å². The van der Waals surface area contributed by atoms with Gasteiger partial charge in [-0.05, 0) is 30.2 Å². The second-order valence-corrected chi connectivity index (χ2v) is 4.58. The van der Waals surface area contributed by atoms with Crippen molar-refractivity contribution < 1.29 is 14.7 Å². The van der Waals surface area contributed by atoms with E-state index in [1.807, 2.05) is 12.1 Å². The second kappa shape index (κ2) is 7.59. The Morgan fingerprint density at radius 1 is 1.32 bits per heavy atom. The summed E-state index contributed by atoms with van der Waals surface area (Å²) >= 11 is 5.76. The number of carbonyl (C=O) groups excluding carboxylic acids is 1. The summed E-state index contributed by atoms with van der Waals surface area (Å²) in [5.41, 5.74) is 0.886. The molecule has 0 aliphatic carbocycles. The highest BCUT2D eigenvalue weighted by Crippen LogP contribution is 2.10. The zero-order valence-electron chi connectivity index (χ0n) is 10.7. The Morgan fingerprint density at radius 3 is 2.53 bits per heavy atom. The van der Waals surface area contributed by atoms with Crippen LogP contribution < -0.4 is 0 Å². The van der Waals surface area contributed by atoms with Crippen LogP contribution in [0.15, 0.2) is 30.3 Å². The first kappa shape index (κ1) is 15.2. The summed E-state index contributed by atoms with van der Waals surface area (Å²) in [5, 5.41) is 9.16. The molecular weight excluding hydrogens is 266 g/mol. The number of amides is 1. The Hall–Kier alpha value is -1.81. The van der Waals surface area contributed by atoms with Crippen LogP contribution >= 0.6 is 11.6 Å². The van der Waals surface area contributed by atoms with Crippen molar-refractivity contribution in [2.45, 2.75) is 12.8 Å². The number of halogens is 1. The largest absolute Gasteiger partial charge is 0.481 e. The van der Waals surface area contributed by atoms with E-state index in [4.69, 9.17) is 16.7 Å². The van der Waals surface area contributed by atoms with E-state index in [-0.39, 0.29) is 12.3 Å². The molecule has 0 aromatic heterocycles. The molecule has 102 valence electrons. The van der Waals surface area contributed by atoms with E-state index in [1.165, 1.54) is 11.0 Å². The van der Waals surface area contributed by atoms with Crippen LogP contribution in [0.5, 0.6) is 0 Å². The molecule has 0 unspecified atom stereocenters. The van der Waals surface area contributed by atoms with Crippen molar-refractivity contribution >= 4 is 29.6 Å². The van der Waals surface area contributed by atoms with Gasteiger partial charge in [-0.25, -0.2) is 0 Å². The molecule has 19 heavy (non-hydrogen) atoms. The first-order valence-corrected chi connectivity index (χ1v) is 6.27. The molecule has 0 aliphatic rings. The number of benzene rings is 1. The van der Waals surface area contributed by atoms with Gasteiger partial charge in [-0.15, -0.1) is 0 Å². The molecule has 0 bridgehead atoms. The summed E-state index contributed by atoms with van der Waals surface area (Å²) in [6, 6.07) is 7.14. The molecule has 0 fully saturated rings. The van der Waals surface area contributed by atoms with Crippen LogP contribution in [0.25, 0.3) is 6.08 Å². The molecule has 0 radical (unpaired) electrons. The molecule has 0 aliphatic heterocycles. The van der Waals surface area contributed by atoms with Crippen molar-refractivity contribution in [1.29, 1.82) is 0 Å². The Labute approximate surface area is 117 Å². The molecule has 1 aromatic carbocycles. The lowest BCUT2D eigenvalue weighted by Crippen LogP contribution is -2.26. The molecule has 0 spiro atoms. The number of aliphatic carboxylic acids is 1. The number of likely N-dealkylation sites (N-methyl/N-ethyl adjacent to an activating group) is 1. The predicted molar refractivity (Wildman–Crippen MR) is 75.0 cm³/mol. The third-order valence-electron chi connectivity index (χ3n) is 2.55. The van der Waals surface area contributed by atoms with E-state index >= 15 is 0 Å². The number of carboxylic acid groups (broad SMARTS) is 1. The second-order valence-electron chi connectivity index (χ2n) is 4.14. The maximum atomic E-state index is 11.7. The van der Waals surface area contributed by atoms with Crippen LogP contribution in [0.1, 0.15) is 18.4 Å². The number of hydrogen-bond donors (Lipinski definition) is 1. The molecular formula is C14H16ClNO3. The lowest BCUT2D eigenvalue weighted by Gasteiger charge is -2.13. The fourth-order valence-electron chi connectivity index (χ4n) is 1.45. The monoisotopic (exact) mass is 281 g/mol. The highest BCUT2D eigenvalue weighted by Gasteiger charge is 2.05. The standard InChI is InChI=1S/C14H16ClNO3/c1-16(10-2-3-14(18)19)13(17)9-6-11-4-7-12(15)8-5-11/h4-9H,2-3,10H2,1H3,(H,18,19)/b9-6+. The predicted octanol–water partition coefficient (Wildman–Crippen LogP) is 2.68. The molecule has 1 aromatic rings. The Kier molecular flexibility index (Phi) is 6.09. The van der Waals surface area contributed by atoms with Crippen molar-refractivity contribution in [2.24, 2.45) is 0 Å². The van der Waals surface area contributed by atoms with E-state index in [0.717, 1.165) is 5.56 Å². The maximum absolute atomic E-state index is 11.7. The fourth-order valence-corrected chi connectivity index (χ4v) is 1.57. The Bertz CT molecular complexity index is 468. The number of rotatable bonds is 6. The third kappa shape index (κ3) is 6.06. The van der Waals surface area contributed by atoms with Crippen LogP contribution in [-0.4, -0.2) is 35.5 Å². The zero-order valence-corrected chi connectivity index (χ0v) is 11.4. The van der Waals surface area contributed by atoms with E-state index in [9.17, 15) is 9.59 Å². The van der Waals surface area contributed by atoms with E-state index < -0.39 is 5.97 Å². The highest BCUT2D eigenvalue weighted by molar-refractivity contribution is 6.30. The average Bonchev–Trinajstić information content (AvgIpc) is 2.37. The van der Waals surface area contributed by atoms with E-state index in [2.05, 4.69) is 0 Å². The van der Waals surface area contributed by atoms with Gasteiger partial charge in [0.25, 0.3) is 0 Å². The van der Waals surface area contributed by atoms with Gasteiger partial charge in [0.05, 0.1) is 0 Å². The number of nitrogens with zero attached hydrogens (tertiary/aromatic N) is 1. The summed E-state index contributed by atoms with van der Waals surface area (Å²) in [6.07, 6.45) is 3.68. The lowest BCUT2D eigenvalue weighted by molar-refractivity contribution is -0.137. The van der Waals surface area contributed by atoms with Gasteiger partial charge in [-0.3, -0.25) is 9.59 Å². The highest BCUT2D eigenvalue weighted by atomic mass is 35.5. The van der Waals surface area contributed by atoms with Gasteiger partial charge in [0, 0.05) is 31.1 Å². The van der Waals surface area contributed by atoms with Gasteiger partial charge in [0.1, 0.15) is 0 Å². The normalized spacial score (nSPS) is 10.6. The number of hydrogen-bond acceptors (Lipinski definition) is 2. The van der Waals surface area contributed by atoms with Crippen LogP contribution in [0.2, 0.25) is 5.02 Å². The lowest BCUT2D eigenvalue weighted by atomic mass is 10.2. The Balaban J connectivity index is 2.44. The van der Waals surface area contributed by atoms with Crippen molar-refractivity contribution in [3.05, 3.63) is 40.9 Å². The van der Waals surface area contributed by atoms with Gasteiger partial charge in [0.15, 0.2) is 0 Å². The minimum Gasteiger partial charge on any atom is -0.481 e. The summed E-state index contributed by atoms with van der Waals surface area (Å²) in [4.78, 5) is 23.6. The molecule has 0 heterocycles. The topological polar surface area (TPSA) is 57.6 Å². The first-order valence-electron chi connectivity index (χ1n) is 5.89. The molecule has 1 N–H and O–H groups in total. The number of carbonyl (C=O) groups is 2. The quantitative estimate of drug-likeness (QED) is 0.816. The Morgan fingerprint density at radius 2 is 1.95 bits per heavy atom. The smallest absolute Gasteiger partial charge is 0.303 e. The van der Waals surface area contributed by atoms with E-state index in [0.29, 0.717) is 18.0 Å². The van der Waals surface area contributed by atoms with E-state index in [1.54, 1.807) is 25.3 Å². The molecule has 4 nitrogen and oxygen atoms in total. The first-order chi connectivity index (χ1) is 8.99. The summed E-state index contributed by atoms with van der Waals surface area (Å²) < 4.78 is 0. The molecule has 0 saturated carbocycles. The van der Waals surface area contributed by atoms with Crippen molar-refractivity contribution in [3.8, 4) is 0 Å². The van der Waals surface area contributed by atoms with Crippen molar-refractivity contribution in [1.82, 2.24) is 4.90 Å². The zero-order chi connectivity index (χ0) is 14.3. The fraction of sp³-hybridized carbons (Fsp3) is 0.286. The molecule has 0 saturated heterocycles. The average molecular weight is 282 g/mol. The third-order valence-corrected chi connectivity index (χ3v) is 2.80. The van der Waals surface area contributed by atoms with Crippen molar-refractivity contribution in [2.75, 3.05) is 13.6 Å². The van der Waals surface area contributed by atoms with Crippen LogP contribution in [0.3, 0.4) is 0 Å². The molecule has 1 amide bonds. The van der Waals surface area contributed by atoms with Crippen molar-refractivity contribution in [3.63, 3.8) is 0 Å². The summed E-state index contributed by atoms with van der Waals surface area (Å²) in [5.74, 6) is -1.00. The van der Waals surface area contributed by atoms with Gasteiger partial charge in [0.2, 0.25) is 5.91 Å². The molecule has 5 heteroatoms. The van der Waals surface area contributed by atoms with Gasteiger partial charge in [-0.1, -0.05) is 23.7 Å². The minimum atomic E-state index is -0.849. The summed E-state index contributed by atoms with van der Waals surface area (Å²) in [6.45, 7) is 0.427. The maximum Gasteiger partial charge on any atom is 0.303 e. The van der Waals surface area contributed by atoms with Gasteiger partial charge in [-0.2, -0.15) is 0 Å². The van der Waals surface area contributed by atoms with Crippen LogP contribution in [0.4, 0.5) is 0 Å². The van der Waals surface area contributed by atoms with Gasteiger partial charge < -0.3 is 10.0 Å². The number of carboxylic acids is 1. The summed E-state index contributed by atoms with van der Waals surface area (Å²) in [7, 11) is 1.65.